The second-order valence-corrected chi connectivity index (χ2v) is 8.77. The molecular formula is C27H26FNO3. The monoisotopic (exact) mass is 431 g/mol. The molecule has 164 valence electrons. The number of carboxylic acid groups (broad SMARTS) is 1. The van der Waals surface area contributed by atoms with Crippen LogP contribution in [0.1, 0.15) is 37.0 Å². The van der Waals surface area contributed by atoms with Crippen molar-refractivity contribution in [3.63, 3.8) is 0 Å². The van der Waals surface area contributed by atoms with Gasteiger partial charge in [-0.2, -0.15) is 0 Å². The number of hydrogen-bond donors (Lipinski definition) is 2. The van der Waals surface area contributed by atoms with Crippen LogP contribution in [0.2, 0.25) is 0 Å². The molecule has 4 nitrogen and oxygen atoms in total. The van der Waals surface area contributed by atoms with Crippen molar-refractivity contribution in [1.29, 1.82) is 0 Å². The van der Waals surface area contributed by atoms with Gasteiger partial charge in [0.2, 0.25) is 0 Å². The number of hydrogen-bond acceptors (Lipinski definition) is 3. The van der Waals surface area contributed by atoms with Crippen molar-refractivity contribution in [2.75, 3.05) is 0 Å². The lowest BCUT2D eigenvalue weighted by molar-refractivity contribution is -0.138. The van der Waals surface area contributed by atoms with Gasteiger partial charge >= 0.3 is 5.97 Å². The summed E-state index contributed by atoms with van der Waals surface area (Å²) in [5, 5.41) is 13.1. The molecule has 0 saturated carbocycles. The third-order valence-electron chi connectivity index (χ3n) is 5.49. The van der Waals surface area contributed by atoms with Crippen LogP contribution in [0.15, 0.2) is 77.2 Å². The average molecular weight is 432 g/mol. The molecule has 0 fully saturated rings. The number of benzene rings is 3. The normalized spacial score (nSPS) is 11.7. The van der Waals surface area contributed by atoms with Crippen molar-refractivity contribution in [2.24, 2.45) is 0 Å². The molecule has 1 aromatic heterocycles. The molecule has 0 aliphatic rings. The van der Waals surface area contributed by atoms with Gasteiger partial charge in [0.15, 0.2) is 0 Å². The highest BCUT2D eigenvalue weighted by molar-refractivity contribution is 5.83. The van der Waals surface area contributed by atoms with Crippen LogP contribution in [0.4, 0.5) is 4.39 Å². The maximum absolute atomic E-state index is 14.9. The number of fused-ring (bicyclic) bond motifs is 1. The predicted octanol–water partition coefficient (Wildman–Crippen LogP) is 6.17. The summed E-state index contributed by atoms with van der Waals surface area (Å²) in [6, 6.07) is 23.2. The van der Waals surface area contributed by atoms with Gasteiger partial charge in [-0.1, -0.05) is 42.5 Å². The fraction of sp³-hybridized carbons (Fsp3) is 0.222. The molecule has 0 saturated heterocycles. The zero-order chi connectivity index (χ0) is 22.7. The molecule has 0 atom stereocenters. The summed E-state index contributed by atoms with van der Waals surface area (Å²) in [5.74, 6) is -0.759. The van der Waals surface area contributed by atoms with Crippen molar-refractivity contribution in [2.45, 2.75) is 38.8 Å². The molecule has 5 heteroatoms. The maximum atomic E-state index is 14.9. The van der Waals surface area contributed by atoms with Crippen molar-refractivity contribution in [1.82, 2.24) is 5.32 Å². The van der Waals surface area contributed by atoms with E-state index in [-0.39, 0.29) is 12.2 Å². The average Bonchev–Trinajstić information content (AvgIpc) is 3.15. The highest BCUT2D eigenvalue weighted by Gasteiger charge is 2.21. The molecule has 1 heterocycles. The Hall–Kier alpha value is -3.44. The predicted molar refractivity (Wildman–Crippen MR) is 124 cm³/mol. The Labute approximate surface area is 186 Å². The van der Waals surface area contributed by atoms with Gasteiger partial charge in [-0.3, -0.25) is 4.79 Å². The highest BCUT2D eigenvalue weighted by atomic mass is 19.1. The molecule has 0 amide bonds. The number of halogens is 1. The summed E-state index contributed by atoms with van der Waals surface area (Å²) in [6.45, 7) is 4.00. The smallest absolute Gasteiger partial charge is 0.305 e. The lowest BCUT2D eigenvalue weighted by Gasteiger charge is -2.24. The van der Waals surface area contributed by atoms with Crippen LogP contribution in [-0.2, 0) is 17.8 Å². The Morgan fingerprint density at radius 3 is 2.44 bits per heavy atom. The van der Waals surface area contributed by atoms with Gasteiger partial charge in [0.1, 0.15) is 17.2 Å². The first-order valence-electron chi connectivity index (χ1n) is 10.6. The van der Waals surface area contributed by atoms with Gasteiger partial charge in [0, 0.05) is 17.5 Å². The molecular weight excluding hydrogens is 405 g/mol. The van der Waals surface area contributed by atoms with E-state index in [9.17, 15) is 9.18 Å². The Morgan fingerprint density at radius 1 is 0.969 bits per heavy atom. The number of carbonyl (C=O) groups is 1. The molecule has 2 N–H and O–H groups in total. The molecule has 4 aromatic rings. The Morgan fingerprint density at radius 2 is 1.72 bits per heavy atom. The summed E-state index contributed by atoms with van der Waals surface area (Å²) < 4.78 is 20.8. The van der Waals surface area contributed by atoms with Gasteiger partial charge in [0.25, 0.3) is 0 Å². The minimum Gasteiger partial charge on any atom is -0.481 e. The first-order valence-corrected chi connectivity index (χ1v) is 10.6. The van der Waals surface area contributed by atoms with Crippen LogP contribution in [0.25, 0.3) is 22.3 Å². The van der Waals surface area contributed by atoms with Crippen LogP contribution in [-0.4, -0.2) is 16.6 Å². The minimum absolute atomic E-state index is 0.0151. The van der Waals surface area contributed by atoms with E-state index in [0.29, 0.717) is 17.9 Å². The van der Waals surface area contributed by atoms with E-state index in [0.717, 1.165) is 23.0 Å². The van der Waals surface area contributed by atoms with Gasteiger partial charge in [0.05, 0.1) is 12.0 Å². The lowest BCUT2D eigenvalue weighted by Crippen LogP contribution is -2.40. The van der Waals surface area contributed by atoms with Crippen molar-refractivity contribution >= 4 is 16.9 Å². The summed E-state index contributed by atoms with van der Waals surface area (Å²) in [4.78, 5) is 11.0. The zero-order valence-electron chi connectivity index (χ0n) is 18.2. The van der Waals surface area contributed by atoms with Crippen LogP contribution >= 0.6 is 0 Å². The molecule has 0 bridgehead atoms. The van der Waals surface area contributed by atoms with E-state index < -0.39 is 11.5 Å². The molecule has 0 radical (unpaired) electrons. The summed E-state index contributed by atoms with van der Waals surface area (Å²) in [6.07, 6.45) is 0.810. The second kappa shape index (κ2) is 8.97. The highest BCUT2D eigenvalue weighted by Crippen LogP contribution is 2.31. The third-order valence-corrected chi connectivity index (χ3v) is 5.49. The molecule has 0 spiro atoms. The number of rotatable bonds is 8. The largest absolute Gasteiger partial charge is 0.481 e. The molecule has 32 heavy (non-hydrogen) atoms. The number of aliphatic carboxylic acids is 1. The number of nitrogens with one attached hydrogen (secondary N) is 1. The van der Waals surface area contributed by atoms with Gasteiger partial charge in [-0.15, -0.1) is 0 Å². The van der Waals surface area contributed by atoms with Crippen LogP contribution in [0.3, 0.4) is 0 Å². The summed E-state index contributed by atoms with van der Waals surface area (Å²) >= 11 is 0. The SMILES string of the molecule is CC(C)(CC(=O)O)NCc1ccc(-c2cc3cc(Cc4ccccc4)ccc3o2)c(F)c1. The van der Waals surface area contributed by atoms with Crippen LogP contribution in [0.5, 0.6) is 0 Å². The first kappa shape index (κ1) is 21.8. The number of carboxylic acids is 1. The quantitative estimate of drug-likeness (QED) is 0.350. The van der Waals surface area contributed by atoms with Crippen molar-refractivity contribution in [3.05, 3.63) is 95.3 Å². The lowest BCUT2D eigenvalue weighted by atomic mass is 10.00. The van der Waals surface area contributed by atoms with E-state index in [1.807, 2.05) is 56.3 Å². The van der Waals surface area contributed by atoms with Gasteiger partial charge in [-0.05, 0) is 67.3 Å². The van der Waals surface area contributed by atoms with Gasteiger partial charge in [-0.25, -0.2) is 4.39 Å². The summed E-state index contributed by atoms with van der Waals surface area (Å²) in [7, 11) is 0. The second-order valence-electron chi connectivity index (χ2n) is 8.77. The van der Waals surface area contributed by atoms with Crippen LogP contribution < -0.4 is 5.32 Å². The van der Waals surface area contributed by atoms with E-state index in [1.165, 1.54) is 17.2 Å². The topological polar surface area (TPSA) is 62.5 Å². The molecule has 3 aromatic carbocycles. The Balaban J connectivity index is 1.51. The van der Waals surface area contributed by atoms with E-state index >= 15 is 0 Å². The molecule has 4 rings (SSSR count). The Kier molecular flexibility index (Phi) is 6.10. The first-order chi connectivity index (χ1) is 15.3. The van der Waals surface area contributed by atoms with Crippen LogP contribution in [0, 0.1) is 5.82 Å². The maximum Gasteiger partial charge on any atom is 0.305 e. The molecule has 0 aliphatic heterocycles. The van der Waals surface area contributed by atoms with E-state index in [1.54, 1.807) is 6.07 Å². The molecule has 0 unspecified atom stereocenters. The van der Waals surface area contributed by atoms with Crippen molar-refractivity contribution in [3.8, 4) is 11.3 Å². The third kappa shape index (κ3) is 5.24. The summed E-state index contributed by atoms with van der Waals surface area (Å²) in [5.41, 5.74) is 3.68. The van der Waals surface area contributed by atoms with E-state index in [2.05, 4.69) is 23.5 Å². The number of furan rings is 1. The van der Waals surface area contributed by atoms with Gasteiger partial charge < -0.3 is 14.8 Å². The Bertz CT molecular complexity index is 1240. The minimum atomic E-state index is -0.874. The zero-order valence-corrected chi connectivity index (χ0v) is 18.2. The van der Waals surface area contributed by atoms with E-state index in [4.69, 9.17) is 9.52 Å². The fourth-order valence-corrected chi connectivity index (χ4v) is 3.82. The molecule has 0 aliphatic carbocycles. The fourth-order valence-electron chi connectivity index (χ4n) is 3.82. The standard InChI is InChI=1S/C27H26FNO3/c1-27(2,16-26(30)31)29-17-20-8-10-22(23(28)14-20)25-15-21-13-19(9-11-24(21)32-25)12-18-6-4-3-5-7-18/h3-11,13-15,29H,12,16-17H2,1-2H3,(H,30,31). The van der Waals surface area contributed by atoms with Crippen molar-refractivity contribution < 1.29 is 18.7 Å².